The molecule has 3 heterocycles. The molecule has 17 heavy (non-hydrogen) atoms. The molecule has 5 nitrogen and oxygen atoms in total. The van der Waals surface area contributed by atoms with Crippen molar-refractivity contribution in [1.82, 2.24) is 19.9 Å². The lowest BCUT2D eigenvalue weighted by Gasteiger charge is -2.02. The Morgan fingerprint density at radius 3 is 3.00 bits per heavy atom. The second kappa shape index (κ2) is 3.89. The highest BCUT2D eigenvalue weighted by Gasteiger charge is 2.21. The van der Waals surface area contributed by atoms with Crippen LogP contribution in [0.1, 0.15) is 35.1 Å². The first-order valence-electron chi connectivity index (χ1n) is 5.77. The highest BCUT2D eigenvalue weighted by atomic mass is 32.1. The summed E-state index contributed by atoms with van der Waals surface area (Å²) in [6.07, 6.45) is 2.26. The standard InChI is InChI=1S/C11H14N4OS/c1-6-7(2)13-11-15(10(6)16)14-9(17-11)8-4-3-5-12-8/h8,12H,3-5H2,1-2H3/t8-/m1/s1. The minimum atomic E-state index is -0.0482. The smallest absolute Gasteiger partial charge is 0.278 e. The molecule has 0 aliphatic carbocycles. The molecule has 0 spiro atoms. The Balaban J connectivity index is 2.18. The van der Waals surface area contributed by atoms with E-state index in [4.69, 9.17) is 0 Å². The third kappa shape index (κ3) is 1.68. The largest absolute Gasteiger partial charge is 0.308 e. The van der Waals surface area contributed by atoms with Crippen molar-refractivity contribution in [3.8, 4) is 0 Å². The monoisotopic (exact) mass is 250 g/mol. The maximum Gasteiger partial charge on any atom is 0.278 e. The molecule has 0 bridgehead atoms. The summed E-state index contributed by atoms with van der Waals surface area (Å²) in [7, 11) is 0. The van der Waals surface area contributed by atoms with Crippen LogP contribution in [0, 0.1) is 13.8 Å². The summed E-state index contributed by atoms with van der Waals surface area (Å²) in [5.74, 6) is 0. The summed E-state index contributed by atoms with van der Waals surface area (Å²) in [5, 5.41) is 8.75. The van der Waals surface area contributed by atoms with Crippen LogP contribution >= 0.6 is 11.3 Å². The van der Waals surface area contributed by atoms with E-state index in [-0.39, 0.29) is 5.56 Å². The lowest BCUT2D eigenvalue weighted by atomic mass is 10.2. The molecule has 1 atom stereocenters. The van der Waals surface area contributed by atoms with Gasteiger partial charge in [0.1, 0.15) is 5.01 Å². The predicted octanol–water partition coefficient (Wildman–Crippen LogP) is 1.19. The molecule has 0 saturated carbocycles. The zero-order valence-corrected chi connectivity index (χ0v) is 10.7. The Labute approximate surface area is 103 Å². The van der Waals surface area contributed by atoms with E-state index in [1.807, 2.05) is 6.92 Å². The van der Waals surface area contributed by atoms with Gasteiger partial charge in [0.25, 0.3) is 5.56 Å². The first-order valence-corrected chi connectivity index (χ1v) is 6.59. The van der Waals surface area contributed by atoms with Gasteiger partial charge in [-0.15, -0.1) is 0 Å². The molecule has 1 fully saturated rings. The minimum absolute atomic E-state index is 0.0482. The Hall–Kier alpha value is -1.27. The van der Waals surface area contributed by atoms with Crippen molar-refractivity contribution in [3.63, 3.8) is 0 Å². The van der Waals surface area contributed by atoms with Crippen LogP contribution in [0.3, 0.4) is 0 Å². The quantitative estimate of drug-likeness (QED) is 0.826. The van der Waals surface area contributed by atoms with Gasteiger partial charge in [0.15, 0.2) is 0 Å². The van der Waals surface area contributed by atoms with Crippen molar-refractivity contribution >= 4 is 16.3 Å². The van der Waals surface area contributed by atoms with Crippen LogP contribution in [-0.2, 0) is 0 Å². The van der Waals surface area contributed by atoms with Crippen LogP contribution in [0.15, 0.2) is 4.79 Å². The third-order valence-electron chi connectivity index (χ3n) is 3.25. The SMILES string of the molecule is Cc1nc2sc([C@H]3CCCN3)nn2c(=O)c1C. The molecule has 1 aliphatic rings. The molecule has 0 radical (unpaired) electrons. The number of aryl methyl sites for hydroxylation is 1. The van der Waals surface area contributed by atoms with Gasteiger partial charge < -0.3 is 5.32 Å². The van der Waals surface area contributed by atoms with E-state index in [0.717, 1.165) is 23.7 Å². The van der Waals surface area contributed by atoms with Gasteiger partial charge in [-0.2, -0.15) is 9.61 Å². The van der Waals surface area contributed by atoms with Gasteiger partial charge in [0, 0.05) is 11.3 Å². The van der Waals surface area contributed by atoms with E-state index in [9.17, 15) is 4.79 Å². The summed E-state index contributed by atoms with van der Waals surface area (Å²) >= 11 is 1.51. The first kappa shape index (κ1) is 10.9. The number of nitrogens with one attached hydrogen (secondary N) is 1. The Bertz CT molecular complexity index is 624. The summed E-state index contributed by atoms with van der Waals surface area (Å²) in [6.45, 7) is 4.69. The Morgan fingerprint density at radius 1 is 1.47 bits per heavy atom. The maximum atomic E-state index is 12.0. The highest BCUT2D eigenvalue weighted by Crippen LogP contribution is 2.26. The molecule has 0 amide bonds. The van der Waals surface area contributed by atoms with Crippen molar-refractivity contribution in [3.05, 3.63) is 26.6 Å². The molecule has 1 aliphatic heterocycles. The second-order valence-electron chi connectivity index (χ2n) is 4.41. The van der Waals surface area contributed by atoms with Gasteiger partial charge in [-0.25, -0.2) is 4.98 Å². The molecule has 90 valence electrons. The van der Waals surface area contributed by atoms with Gasteiger partial charge in [-0.05, 0) is 33.2 Å². The van der Waals surface area contributed by atoms with Crippen molar-refractivity contribution in [2.45, 2.75) is 32.7 Å². The van der Waals surface area contributed by atoms with Crippen LogP contribution in [0.5, 0.6) is 0 Å². The van der Waals surface area contributed by atoms with Crippen LogP contribution in [0.4, 0.5) is 0 Å². The van der Waals surface area contributed by atoms with Crippen LogP contribution < -0.4 is 10.9 Å². The Kier molecular flexibility index (Phi) is 2.48. The van der Waals surface area contributed by atoms with E-state index in [1.54, 1.807) is 6.92 Å². The Morgan fingerprint density at radius 2 is 2.29 bits per heavy atom. The number of aromatic nitrogens is 3. The first-order chi connectivity index (χ1) is 8.16. The molecule has 2 aromatic heterocycles. The number of hydrogen-bond donors (Lipinski definition) is 1. The van der Waals surface area contributed by atoms with Gasteiger partial charge in [0.2, 0.25) is 4.96 Å². The number of fused-ring (bicyclic) bond motifs is 1. The lowest BCUT2D eigenvalue weighted by molar-refractivity contribution is 0.627. The third-order valence-corrected chi connectivity index (χ3v) is 4.28. The van der Waals surface area contributed by atoms with Crippen LogP contribution in [-0.4, -0.2) is 21.1 Å². The van der Waals surface area contributed by atoms with E-state index in [1.165, 1.54) is 22.3 Å². The van der Waals surface area contributed by atoms with Crippen molar-refractivity contribution < 1.29 is 0 Å². The summed E-state index contributed by atoms with van der Waals surface area (Å²) < 4.78 is 1.43. The summed E-state index contributed by atoms with van der Waals surface area (Å²) in [5.41, 5.74) is 1.43. The highest BCUT2D eigenvalue weighted by molar-refractivity contribution is 7.16. The van der Waals surface area contributed by atoms with Crippen molar-refractivity contribution in [2.75, 3.05) is 6.54 Å². The van der Waals surface area contributed by atoms with Crippen LogP contribution in [0.2, 0.25) is 0 Å². The number of rotatable bonds is 1. The maximum absolute atomic E-state index is 12.0. The molecule has 1 N–H and O–H groups in total. The fourth-order valence-electron chi connectivity index (χ4n) is 2.08. The fraction of sp³-hybridized carbons (Fsp3) is 0.545. The molecular formula is C11H14N4OS. The minimum Gasteiger partial charge on any atom is -0.308 e. The zero-order valence-electron chi connectivity index (χ0n) is 9.86. The lowest BCUT2D eigenvalue weighted by Crippen LogP contribution is -2.20. The number of hydrogen-bond acceptors (Lipinski definition) is 5. The zero-order chi connectivity index (χ0) is 12.0. The average molecular weight is 250 g/mol. The van der Waals surface area contributed by atoms with E-state index in [2.05, 4.69) is 15.4 Å². The average Bonchev–Trinajstić information content (AvgIpc) is 2.93. The fourth-order valence-corrected chi connectivity index (χ4v) is 3.12. The van der Waals surface area contributed by atoms with Gasteiger partial charge in [-0.1, -0.05) is 11.3 Å². The molecule has 6 heteroatoms. The van der Waals surface area contributed by atoms with Crippen molar-refractivity contribution in [2.24, 2.45) is 0 Å². The molecule has 1 saturated heterocycles. The predicted molar refractivity (Wildman–Crippen MR) is 66.6 cm³/mol. The van der Waals surface area contributed by atoms with Crippen molar-refractivity contribution in [1.29, 1.82) is 0 Å². The second-order valence-corrected chi connectivity index (χ2v) is 5.40. The molecule has 2 aromatic rings. The molecule has 0 unspecified atom stereocenters. The van der Waals surface area contributed by atoms with E-state index >= 15 is 0 Å². The van der Waals surface area contributed by atoms with Gasteiger partial charge in [-0.3, -0.25) is 4.79 Å². The van der Waals surface area contributed by atoms with E-state index < -0.39 is 0 Å². The number of nitrogens with zero attached hydrogens (tertiary/aromatic N) is 3. The van der Waals surface area contributed by atoms with Gasteiger partial charge in [0.05, 0.1) is 6.04 Å². The normalized spacial score (nSPS) is 20.2. The summed E-state index contributed by atoms with van der Waals surface area (Å²) in [4.78, 5) is 17.1. The summed E-state index contributed by atoms with van der Waals surface area (Å²) in [6, 6.07) is 0.293. The topological polar surface area (TPSA) is 59.3 Å². The van der Waals surface area contributed by atoms with Crippen LogP contribution in [0.25, 0.3) is 4.96 Å². The van der Waals surface area contributed by atoms with Gasteiger partial charge >= 0.3 is 0 Å². The molecule has 3 rings (SSSR count). The van der Waals surface area contributed by atoms with E-state index in [0.29, 0.717) is 16.6 Å². The molecular weight excluding hydrogens is 236 g/mol. The molecule has 0 aromatic carbocycles.